The zero-order valence-electron chi connectivity index (χ0n) is 18.7. The van der Waals surface area contributed by atoms with Crippen LogP contribution in [0.1, 0.15) is 16.7 Å². The van der Waals surface area contributed by atoms with Gasteiger partial charge in [-0.2, -0.15) is 0 Å². The van der Waals surface area contributed by atoms with Crippen LogP contribution < -0.4 is 15.4 Å². The summed E-state index contributed by atoms with van der Waals surface area (Å²) >= 11 is 0. The maximum absolute atomic E-state index is 12.0. The first-order chi connectivity index (χ1) is 14.5. The fourth-order valence-corrected chi connectivity index (χ4v) is 2.60. The first-order valence-corrected chi connectivity index (χ1v) is 9.97. The lowest BCUT2D eigenvalue weighted by molar-refractivity contribution is -0.127. The number of rotatable bonds is 10. The first kappa shape index (κ1) is 26.7. The minimum Gasteiger partial charge on any atom is -0.491 e. The molecule has 0 heterocycles. The summed E-state index contributed by atoms with van der Waals surface area (Å²) in [5, 5.41) is 6.42. The minimum atomic E-state index is -0.0249. The van der Waals surface area contributed by atoms with Crippen molar-refractivity contribution in [3.8, 4) is 5.75 Å². The number of guanidine groups is 1. The van der Waals surface area contributed by atoms with E-state index in [0.717, 1.165) is 22.4 Å². The number of hydrogen-bond donors (Lipinski definition) is 2. The summed E-state index contributed by atoms with van der Waals surface area (Å²) in [6, 6.07) is 16.1. The van der Waals surface area contributed by atoms with Gasteiger partial charge < -0.3 is 25.0 Å². The molecule has 7 nitrogen and oxygen atoms in total. The van der Waals surface area contributed by atoms with Crippen molar-refractivity contribution in [1.29, 1.82) is 0 Å². The molecule has 0 aromatic heterocycles. The summed E-state index contributed by atoms with van der Waals surface area (Å²) in [7, 11) is 5.11. The van der Waals surface area contributed by atoms with Gasteiger partial charge in [0.05, 0.1) is 19.7 Å². The molecule has 0 bridgehead atoms. The van der Waals surface area contributed by atoms with Gasteiger partial charge in [0.1, 0.15) is 12.4 Å². The topological polar surface area (TPSA) is 75.2 Å². The molecule has 1 amide bonds. The second-order valence-corrected chi connectivity index (χ2v) is 7.10. The van der Waals surface area contributed by atoms with Crippen molar-refractivity contribution in [2.45, 2.75) is 20.0 Å². The van der Waals surface area contributed by atoms with E-state index in [-0.39, 0.29) is 36.4 Å². The van der Waals surface area contributed by atoms with Crippen LogP contribution >= 0.6 is 24.0 Å². The first-order valence-electron chi connectivity index (χ1n) is 9.97. The predicted octanol–water partition coefficient (Wildman–Crippen LogP) is 2.96. The Hall–Kier alpha value is -2.33. The average Bonchev–Trinajstić information content (AvgIpc) is 2.74. The Kier molecular flexibility index (Phi) is 12.6. The van der Waals surface area contributed by atoms with Crippen LogP contribution in [0.25, 0.3) is 0 Å². The zero-order valence-corrected chi connectivity index (χ0v) is 21.0. The van der Waals surface area contributed by atoms with Gasteiger partial charge in [0.15, 0.2) is 5.96 Å². The molecule has 0 spiro atoms. The largest absolute Gasteiger partial charge is 0.491 e. The van der Waals surface area contributed by atoms with Crippen LogP contribution in [0.3, 0.4) is 0 Å². The Balaban J connectivity index is 0.00000480. The number of likely N-dealkylation sites (N-methyl/N-ethyl adjacent to an activating group) is 1. The summed E-state index contributed by atoms with van der Waals surface area (Å²) < 4.78 is 10.9. The third-order valence-corrected chi connectivity index (χ3v) is 4.38. The molecule has 8 heteroatoms. The van der Waals surface area contributed by atoms with E-state index in [0.29, 0.717) is 32.3 Å². The summed E-state index contributed by atoms with van der Waals surface area (Å²) in [6.07, 6.45) is 0. The molecule has 2 aromatic carbocycles. The van der Waals surface area contributed by atoms with E-state index in [9.17, 15) is 4.79 Å². The van der Waals surface area contributed by atoms with Crippen LogP contribution in [-0.2, 0) is 22.6 Å². The highest BCUT2D eigenvalue weighted by atomic mass is 127. The molecule has 0 aliphatic rings. The number of aryl methyl sites for hydroxylation is 1. The monoisotopic (exact) mass is 540 g/mol. The lowest BCUT2D eigenvalue weighted by Crippen LogP contribution is -2.42. The molecule has 2 N–H and O–H groups in total. The van der Waals surface area contributed by atoms with E-state index in [1.165, 1.54) is 0 Å². The van der Waals surface area contributed by atoms with Crippen molar-refractivity contribution < 1.29 is 14.3 Å². The second kappa shape index (κ2) is 14.6. The van der Waals surface area contributed by atoms with Crippen molar-refractivity contribution in [1.82, 2.24) is 15.5 Å². The quantitative estimate of drug-likeness (QED) is 0.210. The number of ether oxygens (including phenoxy) is 2. The molecule has 2 aromatic rings. The van der Waals surface area contributed by atoms with Gasteiger partial charge in [0.25, 0.3) is 0 Å². The molecule has 0 radical (unpaired) electrons. The van der Waals surface area contributed by atoms with E-state index in [4.69, 9.17) is 9.47 Å². The van der Waals surface area contributed by atoms with Crippen LogP contribution in [-0.4, -0.2) is 57.7 Å². The Labute approximate surface area is 202 Å². The highest BCUT2D eigenvalue weighted by molar-refractivity contribution is 14.0. The highest BCUT2D eigenvalue weighted by Gasteiger charge is 2.09. The van der Waals surface area contributed by atoms with Crippen LogP contribution in [0.2, 0.25) is 0 Å². The van der Waals surface area contributed by atoms with Gasteiger partial charge in [-0.25, -0.2) is 4.99 Å². The average molecular weight is 540 g/mol. The third kappa shape index (κ3) is 10.0. The van der Waals surface area contributed by atoms with E-state index in [1.807, 2.05) is 55.5 Å². The molecule has 31 heavy (non-hydrogen) atoms. The van der Waals surface area contributed by atoms with Gasteiger partial charge in [0.2, 0.25) is 5.91 Å². The maximum Gasteiger partial charge on any atom is 0.241 e. The van der Waals surface area contributed by atoms with Crippen LogP contribution in [0.5, 0.6) is 5.75 Å². The van der Waals surface area contributed by atoms with E-state index >= 15 is 0 Å². The predicted molar refractivity (Wildman–Crippen MR) is 135 cm³/mol. The number of hydrogen-bond acceptors (Lipinski definition) is 4. The summed E-state index contributed by atoms with van der Waals surface area (Å²) in [6.45, 7) is 4.23. The van der Waals surface area contributed by atoms with Crippen molar-refractivity contribution in [3.63, 3.8) is 0 Å². The number of amides is 1. The summed E-state index contributed by atoms with van der Waals surface area (Å²) in [5.41, 5.74) is 3.22. The number of nitrogens with one attached hydrogen (secondary N) is 2. The number of aliphatic imine (C=N–C) groups is 1. The Bertz CT molecular complexity index is 829. The summed E-state index contributed by atoms with van der Waals surface area (Å²) in [4.78, 5) is 18.2. The lowest BCUT2D eigenvalue weighted by Gasteiger charge is -2.17. The molecule has 2 rings (SSSR count). The van der Waals surface area contributed by atoms with Gasteiger partial charge in [-0.05, 0) is 24.1 Å². The molecule has 0 unspecified atom stereocenters. The van der Waals surface area contributed by atoms with Gasteiger partial charge in [-0.1, -0.05) is 42.5 Å². The summed E-state index contributed by atoms with van der Waals surface area (Å²) in [5.74, 6) is 1.35. The standard InChI is InChI=1S/C23H32N4O3.HI/c1-18-10-11-20(21(14-18)30-13-12-29-4)16-25-23(26-17-22(28)27(2)3)24-15-19-8-6-5-7-9-19;/h5-11,14H,12-13,15-17H2,1-4H3,(H2,24,25,26);1H. The molecule has 0 aliphatic carbocycles. The number of nitrogens with zero attached hydrogens (tertiary/aromatic N) is 2. The van der Waals surface area contributed by atoms with Crippen molar-refractivity contribution in [2.75, 3.05) is 41.0 Å². The number of halogens is 1. The van der Waals surface area contributed by atoms with Crippen molar-refractivity contribution in [2.24, 2.45) is 4.99 Å². The SMILES string of the molecule is COCCOc1cc(C)ccc1CNC(=NCc1ccccc1)NCC(=O)N(C)C.I. The van der Waals surface area contributed by atoms with Crippen molar-refractivity contribution in [3.05, 3.63) is 65.2 Å². The Morgan fingerprint density at radius 2 is 1.81 bits per heavy atom. The van der Waals surface area contributed by atoms with Crippen LogP contribution in [0.15, 0.2) is 53.5 Å². The maximum atomic E-state index is 12.0. The highest BCUT2D eigenvalue weighted by Crippen LogP contribution is 2.20. The number of benzene rings is 2. The van der Waals surface area contributed by atoms with Crippen LogP contribution in [0.4, 0.5) is 0 Å². The zero-order chi connectivity index (χ0) is 21.8. The number of methoxy groups -OCH3 is 1. The minimum absolute atomic E-state index is 0. The normalized spacial score (nSPS) is 10.8. The number of carbonyl (C=O) groups is 1. The molecule has 0 saturated carbocycles. The van der Waals surface area contributed by atoms with E-state index < -0.39 is 0 Å². The van der Waals surface area contributed by atoms with Gasteiger partial charge in [-0.15, -0.1) is 24.0 Å². The number of carbonyl (C=O) groups excluding carboxylic acids is 1. The van der Waals surface area contributed by atoms with Crippen molar-refractivity contribution >= 4 is 35.8 Å². The molecule has 0 saturated heterocycles. The fraction of sp³-hybridized carbons (Fsp3) is 0.391. The molecular weight excluding hydrogens is 507 g/mol. The molecule has 170 valence electrons. The Morgan fingerprint density at radius 1 is 1.06 bits per heavy atom. The molecule has 0 aliphatic heterocycles. The third-order valence-electron chi connectivity index (χ3n) is 4.38. The molecule has 0 fully saturated rings. The second-order valence-electron chi connectivity index (χ2n) is 7.10. The lowest BCUT2D eigenvalue weighted by atomic mass is 10.1. The van der Waals surface area contributed by atoms with E-state index in [1.54, 1.807) is 26.1 Å². The van der Waals surface area contributed by atoms with Gasteiger partial charge in [-0.3, -0.25) is 4.79 Å². The Morgan fingerprint density at radius 3 is 2.48 bits per heavy atom. The van der Waals surface area contributed by atoms with Gasteiger partial charge in [0, 0.05) is 33.3 Å². The molecule has 0 atom stereocenters. The smallest absolute Gasteiger partial charge is 0.241 e. The van der Waals surface area contributed by atoms with Gasteiger partial charge >= 0.3 is 0 Å². The molecular formula is C23H33IN4O3. The van der Waals surface area contributed by atoms with Crippen LogP contribution in [0, 0.1) is 6.92 Å². The van der Waals surface area contributed by atoms with E-state index in [2.05, 4.69) is 15.6 Å². The fourth-order valence-electron chi connectivity index (χ4n) is 2.60.